The molecule has 0 aliphatic carbocycles. The van der Waals surface area contributed by atoms with E-state index in [1.54, 1.807) is 0 Å². The second-order valence-electron chi connectivity index (χ2n) is 4.50. The van der Waals surface area contributed by atoms with E-state index >= 15 is 0 Å². The summed E-state index contributed by atoms with van der Waals surface area (Å²) in [7, 11) is 0. The predicted octanol–water partition coefficient (Wildman–Crippen LogP) is 4.38. The summed E-state index contributed by atoms with van der Waals surface area (Å²) in [6, 6.07) is 8.01. The molecule has 0 atom stereocenters. The van der Waals surface area contributed by atoms with Crippen molar-refractivity contribution >= 4 is 23.2 Å². The van der Waals surface area contributed by atoms with Gasteiger partial charge in [0.05, 0.1) is 0 Å². The lowest BCUT2D eigenvalue weighted by atomic mass is 10.1. The molecule has 1 aromatic carbocycles. The highest BCUT2D eigenvalue weighted by Gasteiger charge is 2.02. The van der Waals surface area contributed by atoms with E-state index in [4.69, 9.17) is 11.6 Å². The van der Waals surface area contributed by atoms with E-state index < -0.39 is 0 Å². The zero-order valence-corrected chi connectivity index (χ0v) is 11.8. The number of halogens is 1. The Balaban J connectivity index is 2.43. The first kappa shape index (κ1) is 15.0. The fourth-order valence-electron chi connectivity index (χ4n) is 1.83. The summed E-state index contributed by atoms with van der Waals surface area (Å²) < 4.78 is 0. The minimum atomic E-state index is 0.109. The minimum absolute atomic E-state index is 0.109. The third-order valence-corrected chi connectivity index (χ3v) is 3.08. The number of carbonyl (C=O) groups is 1. The van der Waals surface area contributed by atoms with Crippen LogP contribution in [-0.2, 0) is 11.2 Å². The molecule has 18 heavy (non-hydrogen) atoms. The zero-order valence-electron chi connectivity index (χ0n) is 11.0. The van der Waals surface area contributed by atoms with Crippen LogP contribution in [-0.4, -0.2) is 11.8 Å². The zero-order chi connectivity index (χ0) is 13.2. The highest BCUT2D eigenvalue weighted by Crippen LogP contribution is 2.13. The number of anilines is 1. The Morgan fingerprint density at radius 3 is 2.83 bits per heavy atom. The van der Waals surface area contributed by atoms with Gasteiger partial charge in [0.1, 0.15) is 0 Å². The number of hydrogen-bond donors (Lipinski definition) is 1. The monoisotopic (exact) mass is 267 g/mol. The Morgan fingerprint density at radius 1 is 1.28 bits per heavy atom. The summed E-state index contributed by atoms with van der Waals surface area (Å²) >= 11 is 5.68. The number of rotatable bonds is 8. The Labute approximate surface area is 115 Å². The maximum absolute atomic E-state index is 11.7. The third kappa shape index (κ3) is 6.06. The third-order valence-electron chi connectivity index (χ3n) is 2.82. The molecular weight excluding hydrogens is 246 g/mol. The van der Waals surface area contributed by atoms with E-state index in [2.05, 4.69) is 18.3 Å². The largest absolute Gasteiger partial charge is 0.326 e. The summed E-state index contributed by atoms with van der Waals surface area (Å²) in [5.41, 5.74) is 2.12. The first-order chi connectivity index (χ1) is 8.76. The molecular formula is C15H22ClNO. The van der Waals surface area contributed by atoms with Gasteiger partial charge in [0, 0.05) is 18.0 Å². The summed E-state index contributed by atoms with van der Waals surface area (Å²) in [4.78, 5) is 11.7. The fourth-order valence-corrected chi connectivity index (χ4v) is 1.97. The number of hydrogen-bond acceptors (Lipinski definition) is 1. The molecule has 2 nitrogen and oxygen atoms in total. The van der Waals surface area contributed by atoms with Crippen LogP contribution in [0.1, 0.15) is 44.6 Å². The van der Waals surface area contributed by atoms with E-state index in [1.165, 1.54) is 5.56 Å². The van der Waals surface area contributed by atoms with Crippen molar-refractivity contribution in [3.05, 3.63) is 29.8 Å². The molecule has 0 saturated heterocycles. The van der Waals surface area contributed by atoms with Crippen molar-refractivity contribution in [3.8, 4) is 0 Å². The van der Waals surface area contributed by atoms with Crippen LogP contribution in [0.4, 0.5) is 5.69 Å². The van der Waals surface area contributed by atoms with Crippen LogP contribution in [0.3, 0.4) is 0 Å². The second-order valence-corrected chi connectivity index (χ2v) is 4.88. The molecule has 0 aliphatic rings. The lowest BCUT2D eigenvalue weighted by molar-refractivity contribution is -0.116. The molecule has 1 amide bonds. The Bertz CT molecular complexity index is 365. The van der Waals surface area contributed by atoms with Gasteiger partial charge in [0.2, 0.25) is 5.91 Å². The molecule has 0 fully saturated rings. The minimum Gasteiger partial charge on any atom is -0.326 e. The molecule has 0 aromatic heterocycles. The lowest BCUT2D eigenvalue weighted by Crippen LogP contribution is -2.11. The van der Waals surface area contributed by atoms with E-state index in [0.717, 1.165) is 37.8 Å². The number of nitrogens with one attached hydrogen (secondary N) is 1. The average molecular weight is 268 g/mol. The van der Waals surface area contributed by atoms with Gasteiger partial charge in [-0.3, -0.25) is 4.79 Å². The molecule has 1 N–H and O–H groups in total. The van der Waals surface area contributed by atoms with Crippen molar-refractivity contribution < 1.29 is 4.79 Å². The van der Waals surface area contributed by atoms with Crippen LogP contribution in [0.15, 0.2) is 24.3 Å². The van der Waals surface area contributed by atoms with Crippen molar-refractivity contribution in [2.45, 2.75) is 45.4 Å². The van der Waals surface area contributed by atoms with Crippen LogP contribution in [0.5, 0.6) is 0 Å². The van der Waals surface area contributed by atoms with Crippen LogP contribution in [0.25, 0.3) is 0 Å². The van der Waals surface area contributed by atoms with Gasteiger partial charge in [0.15, 0.2) is 0 Å². The van der Waals surface area contributed by atoms with E-state index in [0.29, 0.717) is 12.3 Å². The Hall–Kier alpha value is -1.02. The normalized spacial score (nSPS) is 10.3. The van der Waals surface area contributed by atoms with Gasteiger partial charge < -0.3 is 5.32 Å². The number of benzene rings is 1. The maximum atomic E-state index is 11.7. The molecule has 1 rings (SSSR count). The number of carbonyl (C=O) groups excluding carboxylic acids is 1. The highest BCUT2D eigenvalue weighted by molar-refractivity contribution is 6.17. The van der Waals surface area contributed by atoms with Gasteiger partial charge in [-0.2, -0.15) is 0 Å². The smallest absolute Gasteiger partial charge is 0.224 e. The average Bonchev–Trinajstić information content (AvgIpc) is 2.37. The van der Waals surface area contributed by atoms with E-state index in [-0.39, 0.29) is 5.91 Å². The quantitative estimate of drug-likeness (QED) is 0.550. The van der Waals surface area contributed by atoms with Crippen molar-refractivity contribution in [3.63, 3.8) is 0 Å². The summed E-state index contributed by atoms with van der Waals surface area (Å²) in [6.45, 7) is 2.14. The van der Waals surface area contributed by atoms with E-state index in [1.807, 2.05) is 18.2 Å². The fraction of sp³-hybridized carbons (Fsp3) is 0.533. The molecule has 0 saturated carbocycles. The summed E-state index contributed by atoms with van der Waals surface area (Å²) in [5.74, 6) is 0.783. The van der Waals surface area contributed by atoms with Gasteiger partial charge >= 0.3 is 0 Å². The molecule has 0 spiro atoms. The van der Waals surface area contributed by atoms with E-state index in [9.17, 15) is 4.79 Å². The topological polar surface area (TPSA) is 29.1 Å². The van der Waals surface area contributed by atoms with Crippen LogP contribution in [0.2, 0.25) is 0 Å². The van der Waals surface area contributed by atoms with Crippen molar-refractivity contribution in [2.24, 2.45) is 0 Å². The number of alkyl halides is 1. The predicted molar refractivity (Wildman–Crippen MR) is 78.3 cm³/mol. The van der Waals surface area contributed by atoms with Crippen LogP contribution in [0, 0.1) is 0 Å². The number of aryl methyl sites for hydroxylation is 1. The first-order valence-electron chi connectivity index (χ1n) is 6.71. The summed E-state index contributed by atoms with van der Waals surface area (Å²) in [5, 5.41) is 2.95. The van der Waals surface area contributed by atoms with Crippen molar-refractivity contribution in [1.29, 1.82) is 0 Å². The highest BCUT2D eigenvalue weighted by atomic mass is 35.5. The SMILES string of the molecule is CCCCCC(=O)Nc1cccc(CCCCl)c1. The van der Waals surface area contributed by atoms with Crippen molar-refractivity contribution in [2.75, 3.05) is 11.2 Å². The molecule has 0 bridgehead atoms. The number of unbranched alkanes of at least 4 members (excludes halogenated alkanes) is 2. The Morgan fingerprint density at radius 2 is 2.11 bits per heavy atom. The molecule has 0 radical (unpaired) electrons. The van der Waals surface area contributed by atoms with Crippen molar-refractivity contribution in [1.82, 2.24) is 0 Å². The molecule has 0 unspecified atom stereocenters. The van der Waals surface area contributed by atoms with Gasteiger partial charge in [-0.25, -0.2) is 0 Å². The van der Waals surface area contributed by atoms with Gasteiger partial charge in [-0.05, 0) is 37.0 Å². The standard InChI is InChI=1S/C15H22ClNO/c1-2-3-4-10-15(18)17-14-9-5-7-13(12-14)8-6-11-16/h5,7,9,12H,2-4,6,8,10-11H2,1H3,(H,17,18). The Kier molecular flexibility index (Phi) is 7.51. The molecule has 100 valence electrons. The van der Waals surface area contributed by atoms with Gasteiger partial charge in [0.25, 0.3) is 0 Å². The lowest BCUT2D eigenvalue weighted by Gasteiger charge is -2.07. The molecule has 1 aromatic rings. The first-order valence-corrected chi connectivity index (χ1v) is 7.24. The molecule has 3 heteroatoms. The molecule has 0 aliphatic heterocycles. The maximum Gasteiger partial charge on any atom is 0.224 e. The van der Waals surface area contributed by atoms with Gasteiger partial charge in [-0.15, -0.1) is 11.6 Å². The second kappa shape index (κ2) is 8.98. The van der Waals surface area contributed by atoms with Crippen LogP contribution >= 0.6 is 11.6 Å². The van der Waals surface area contributed by atoms with Gasteiger partial charge in [-0.1, -0.05) is 31.9 Å². The number of amides is 1. The molecule has 0 heterocycles. The van der Waals surface area contributed by atoms with Crippen LogP contribution < -0.4 is 5.32 Å². The summed E-state index contributed by atoms with van der Waals surface area (Å²) in [6.07, 6.45) is 5.76.